The number of halogens is 2. The van der Waals surface area contributed by atoms with Crippen LogP contribution in [0.3, 0.4) is 0 Å². The lowest BCUT2D eigenvalue weighted by molar-refractivity contribution is -0.129. The Bertz CT molecular complexity index is 1130. The highest BCUT2D eigenvalue weighted by Gasteiger charge is 2.31. The van der Waals surface area contributed by atoms with Crippen LogP contribution >= 0.6 is 24.0 Å². The minimum absolute atomic E-state index is 0. The Balaban J connectivity index is 0.00000225. The van der Waals surface area contributed by atoms with Crippen LogP contribution in [0.2, 0.25) is 5.15 Å². The van der Waals surface area contributed by atoms with Gasteiger partial charge in [-0.25, -0.2) is 17.4 Å². The lowest BCUT2D eigenvalue weighted by atomic mass is 10.3. The Morgan fingerprint density at radius 1 is 1.21 bits per heavy atom. The number of fused-ring (bicyclic) bond motifs is 1. The average molecular weight is 441 g/mol. The number of nitrogens with zero attached hydrogens (tertiary/aromatic N) is 3. The molecular formula is C18H18Cl2N4O3S. The molecule has 1 amide bonds. The number of pyridine rings is 1. The second kappa shape index (κ2) is 7.71. The van der Waals surface area contributed by atoms with Crippen LogP contribution in [-0.4, -0.2) is 40.8 Å². The van der Waals surface area contributed by atoms with Gasteiger partial charge >= 0.3 is 0 Å². The number of nitrogens with two attached hydrogens (primary N) is 1. The van der Waals surface area contributed by atoms with Gasteiger partial charge in [-0.05, 0) is 30.7 Å². The van der Waals surface area contributed by atoms with E-state index in [0.717, 1.165) is 0 Å². The summed E-state index contributed by atoms with van der Waals surface area (Å²) in [5.74, 6) is -0.187. The van der Waals surface area contributed by atoms with Crippen LogP contribution in [0.25, 0.3) is 10.9 Å². The number of hydrogen-bond acceptors (Lipinski definition) is 5. The van der Waals surface area contributed by atoms with Crippen molar-refractivity contribution in [1.29, 1.82) is 0 Å². The molecule has 0 saturated carbocycles. The summed E-state index contributed by atoms with van der Waals surface area (Å²) >= 11 is 6.19. The Kier molecular flexibility index (Phi) is 5.67. The summed E-state index contributed by atoms with van der Waals surface area (Å²) in [5.41, 5.74) is 6.65. The predicted octanol–water partition coefficient (Wildman–Crippen LogP) is 2.41. The number of benzene rings is 1. The number of carbonyl (C=O) groups is 1. The van der Waals surface area contributed by atoms with Crippen LogP contribution in [0, 0.1) is 0 Å². The van der Waals surface area contributed by atoms with Crippen LogP contribution in [0.1, 0.15) is 12.1 Å². The number of rotatable bonds is 4. The Labute approximate surface area is 173 Å². The molecule has 2 N–H and O–H groups in total. The van der Waals surface area contributed by atoms with Gasteiger partial charge in [0.25, 0.3) is 10.0 Å². The van der Waals surface area contributed by atoms with E-state index in [1.807, 2.05) is 0 Å². The molecule has 4 rings (SSSR count). The summed E-state index contributed by atoms with van der Waals surface area (Å²) in [7, 11) is -3.88. The second-order valence-electron chi connectivity index (χ2n) is 6.41. The van der Waals surface area contributed by atoms with Crippen molar-refractivity contribution in [2.24, 2.45) is 5.73 Å². The molecule has 0 spiro atoms. The molecule has 1 aliphatic heterocycles. The van der Waals surface area contributed by atoms with E-state index in [0.29, 0.717) is 29.6 Å². The van der Waals surface area contributed by atoms with Crippen molar-refractivity contribution in [1.82, 2.24) is 13.9 Å². The zero-order valence-corrected chi connectivity index (χ0v) is 17.0. The summed E-state index contributed by atoms with van der Waals surface area (Å²) in [6.07, 6.45) is 2.01. The minimum atomic E-state index is -3.88. The summed E-state index contributed by atoms with van der Waals surface area (Å²) < 4.78 is 27.9. The first kappa shape index (κ1) is 20.6. The number of amides is 1. The number of carbonyl (C=O) groups excluding carboxylic acids is 1. The molecule has 10 heteroatoms. The van der Waals surface area contributed by atoms with Gasteiger partial charge < -0.3 is 10.6 Å². The maximum Gasteiger partial charge on any atom is 0.268 e. The van der Waals surface area contributed by atoms with Crippen molar-refractivity contribution in [3.8, 4) is 0 Å². The first-order chi connectivity index (χ1) is 12.9. The van der Waals surface area contributed by atoms with E-state index < -0.39 is 16.1 Å². The second-order valence-corrected chi connectivity index (χ2v) is 8.55. The third-order valence-electron chi connectivity index (χ3n) is 4.68. The lowest BCUT2D eigenvalue weighted by Crippen LogP contribution is -2.34. The average Bonchev–Trinajstić information content (AvgIpc) is 3.19. The van der Waals surface area contributed by atoms with Crippen molar-refractivity contribution in [3.05, 3.63) is 59.5 Å². The monoisotopic (exact) mass is 440 g/mol. The topological polar surface area (TPSA) is 98.3 Å². The summed E-state index contributed by atoms with van der Waals surface area (Å²) in [4.78, 5) is 18.0. The number of aromatic nitrogens is 2. The zero-order chi connectivity index (χ0) is 19.2. The third-order valence-corrected chi connectivity index (χ3v) is 6.76. The van der Waals surface area contributed by atoms with Gasteiger partial charge in [0.1, 0.15) is 5.15 Å². The molecule has 3 aromatic rings. The zero-order valence-electron chi connectivity index (χ0n) is 14.7. The van der Waals surface area contributed by atoms with Crippen molar-refractivity contribution in [2.45, 2.75) is 23.9 Å². The molecule has 1 aliphatic rings. The normalized spacial score (nSPS) is 17.1. The van der Waals surface area contributed by atoms with Crippen molar-refractivity contribution in [3.63, 3.8) is 0 Å². The molecule has 1 aromatic carbocycles. The van der Waals surface area contributed by atoms with Gasteiger partial charge in [0.15, 0.2) is 0 Å². The van der Waals surface area contributed by atoms with E-state index in [9.17, 15) is 13.2 Å². The van der Waals surface area contributed by atoms with E-state index in [-0.39, 0.29) is 34.9 Å². The molecule has 1 saturated heterocycles. The molecule has 2 aromatic heterocycles. The molecule has 1 unspecified atom stereocenters. The Morgan fingerprint density at radius 2 is 1.93 bits per heavy atom. The van der Waals surface area contributed by atoms with Crippen LogP contribution in [-0.2, 0) is 21.4 Å². The maximum atomic E-state index is 13.3. The molecule has 1 atom stereocenters. The number of likely N-dealkylation sites (tertiary alicyclic amines) is 1. The summed E-state index contributed by atoms with van der Waals surface area (Å²) in [6, 6.07) is 10.9. The molecule has 7 nitrogen and oxygen atoms in total. The molecule has 1 fully saturated rings. The SMILES string of the molecule is Cl.NC1CCN(Cc2cc3c(Cl)nccc3n2S(=O)(=O)c2ccccc2)C1=O. The van der Waals surface area contributed by atoms with Gasteiger partial charge in [-0.1, -0.05) is 29.8 Å². The van der Waals surface area contributed by atoms with E-state index in [4.69, 9.17) is 17.3 Å². The Hall–Kier alpha value is -2.13. The molecule has 0 aliphatic carbocycles. The molecule has 0 bridgehead atoms. The van der Waals surface area contributed by atoms with Gasteiger partial charge in [-0.15, -0.1) is 12.4 Å². The molecule has 148 valence electrons. The van der Waals surface area contributed by atoms with Gasteiger partial charge in [0.05, 0.1) is 28.7 Å². The first-order valence-corrected chi connectivity index (χ1v) is 10.2. The van der Waals surface area contributed by atoms with Crippen molar-refractivity contribution in [2.75, 3.05) is 6.54 Å². The van der Waals surface area contributed by atoms with Crippen LogP contribution in [0.15, 0.2) is 53.6 Å². The molecule has 28 heavy (non-hydrogen) atoms. The fraction of sp³-hybridized carbons (Fsp3) is 0.222. The summed E-state index contributed by atoms with van der Waals surface area (Å²) in [5, 5.41) is 0.727. The van der Waals surface area contributed by atoms with Crippen LogP contribution < -0.4 is 5.73 Å². The van der Waals surface area contributed by atoms with E-state index in [2.05, 4.69) is 4.98 Å². The third kappa shape index (κ3) is 3.37. The molecule has 3 heterocycles. The maximum absolute atomic E-state index is 13.3. The van der Waals surface area contributed by atoms with Gasteiger partial charge in [0.2, 0.25) is 5.91 Å². The standard InChI is InChI=1S/C18H17ClN4O3S.ClH/c19-17-14-10-12(11-22-9-7-15(20)18(22)24)23(16(14)6-8-21-17)27(25,26)13-4-2-1-3-5-13;/h1-6,8,10,15H,7,9,11,20H2;1H. The fourth-order valence-corrected chi connectivity index (χ4v) is 5.09. The number of hydrogen-bond donors (Lipinski definition) is 1. The smallest absolute Gasteiger partial charge is 0.268 e. The molecular weight excluding hydrogens is 423 g/mol. The van der Waals surface area contributed by atoms with Gasteiger partial charge in [-0.3, -0.25) is 4.79 Å². The Morgan fingerprint density at radius 3 is 2.57 bits per heavy atom. The van der Waals surface area contributed by atoms with Gasteiger partial charge in [0, 0.05) is 18.1 Å². The van der Waals surface area contributed by atoms with E-state index in [1.165, 1.54) is 22.3 Å². The van der Waals surface area contributed by atoms with Crippen LogP contribution in [0.5, 0.6) is 0 Å². The van der Waals surface area contributed by atoms with Crippen molar-refractivity contribution < 1.29 is 13.2 Å². The van der Waals surface area contributed by atoms with Gasteiger partial charge in [-0.2, -0.15) is 0 Å². The quantitative estimate of drug-likeness (QED) is 0.627. The highest BCUT2D eigenvalue weighted by molar-refractivity contribution is 7.90. The highest BCUT2D eigenvalue weighted by atomic mass is 35.5. The molecule has 0 radical (unpaired) electrons. The summed E-state index contributed by atoms with van der Waals surface area (Å²) in [6.45, 7) is 0.614. The highest BCUT2D eigenvalue weighted by Crippen LogP contribution is 2.30. The van der Waals surface area contributed by atoms with E-state index in [1.54, 1.807) is 35.2 Å². The lowest BCUT2D eigenvalue weighted by Gasteiger charge is -2.18. The minimum Gasteiger partial charge on any atom is -0.335 e. The largest absolute Gasteiger partial charge is 0.335 e. The first-order valence-electron chi connectivity index (χ1n) is 8.39. The fourth-order valence-electron chi connectivity index (χ4n) is 3.34. The predicted molar refractivity (Wildman–Crippen MR) is 109 cm³/mol. The van der Waals surface area contributed by atoms with E-state index >= 15 is 0 Å². The van der Waals surface area contributed by atoms with Crippen LogP contribution in [0.4, 0.5) is 0 Å². The van der Waals surface area contributed by atoms with Crippen molar-refractivity contribution >= 4 is 50.8 Å².